The van der Waals surface area contributed by atoms with Gasteiger partial charge in [0.05, 0.1) is 18.5 Å². The Balaban J connectivity index is 1.45. The van der Waals surface area contributed by atoms with Crippen molar-refractivity contribution in [3.8, 4) is 0 Å². The SMILES string of the molecule is CN1CCN(Cc2noc(C3CNNC3c3cccc(F)c3)n2)CC1. The Hall–Kier alpha value is -1.87. The molecule has 0 radical (unpaired) electrons. The minimum atomic E-state index is -0.244. The minimum Gasteiger partial charge on any atom is -0.339 e. The van der Waals surface area contributed by atoms with E-state index in [4.69, 9.17) is 4.52 Å². The summed E-state index contributed by atoms with van der Waals surface area (Å²) < 4.78 is 19.1. The molecule has 2 aliphatic heterocycles. The van der Waals surface area contributed by atoms with Crippen LogP contribution in [0.1, 0.15) is 29.2 Å². The highest BCUT2D eigenvalue weighted by Gasteiger charge is 2.34. The Morgan fingerprint density at radius 3 is 2.92 bits per heavy atom. The molecule has 7 nitrogen and oxygen atoms in total. The maximum absolute atomic E-state index is 13.5. The molecular weight excluding hydrogens is 323 g/mol. The van der Waals surface area contributed by atoms with Crippen molar-refractivity contribution in [1.82, 2.24) is 30.8 Å². The van der Waals surface area contributed by atoms with Crippen LogP contribution in [0.3, 0.4) is 0 Å². The molecule has 2 aromatic rings. The fourth-order valence-corrected chi connectivity index (χ4v) is 3.43. The van der Waals surface area contributed by atoms with E-state index in [2.05, 4.69) is 37.8 Å². The lowest BCUT2D eigenvalue weighted by molar-refractivity contribution is 0.144. The summed E-state index contributed by atoms with van der Waals surface area (Å²) >= 11 is 0. The van der Waals surface area contributed by atoms with Gasteiger partial charge in [-0.05, 0) is 24.7 Å². The van der Waals surface area contributed by atoms with E-state index in [0.717, 1.165) is 31.7 Å². The quantitative estimate of drug-likeness (QED) is 0.852. The Morgan fingerprint density at radius 2 is 2.12 bits per heavy atom. The second-order valence-corrected chi connectivity index (χ2v) is 6.79. The second kappa shape index (κ2) is 7.17. The first-order chi connectivity index (χ1) is 12.2. The van der Waals surface area contributed by atoms with Crippen molar-refractivity contribution in [2.24, 2.45) is 0 Å². The van der Waals surface area contributed by atoms with Crippen molar-refractivity contribution in [3.63, 3.8) is 0 Å². The summed E-state index contributed by atoms with van der Waals surface area (Å²) in [4.78, 5) is 9.25. The lowest BCUT2D eigenvalue weighted by Gasteiger charge is -2.31. The maximum atomic E-state index is 13.5. The third kappa shape index (κ3) is 3.72. The predicted octanol–water partition coefficient (Wildman–Crippen LogP) is 0.889. The molecule has 0 amide bonds. The molecule has 1 aromatic heterocycles. The largest absolute Gasteiger partial charge is 0.339 e. The van der Waals surface area contributed by atoms with Crippen LogP contribution in [0.15, 0.2) is 28.8 Å². The smallest absolute Gasteiger partial charge is 0.233 e. The summed E-state index contributed by atoms with van der Waals surface area (Å²) in [5.41, 5.74) is 7.17. The average Bonchev–Trinajstić information content (AvgIpc) is 3.26. The van der Waals surface area contributed by atoms with Crippen LogP contribution in [-0.2, 0) is 6.54 Å². The van der Waals surface area contributed by atoms with E-state index in [1.807, 2.05) is 6.07 Å². The minimum absolute atomic E-state index is 0.0180. The number of hydrogen-bond donors (Lipinski definition) is 2. The van der Waals surface area contributed by atoms with Gasteiger partial charge in [-0.1, -0.05) is 17.3 Å². The number of likely N-dealkylation sites (N-methyl/N-ethyl adjacent to an activating group) is 1. The van der Waals surface area contributed by atoms with Crippen LogP contribution in [0.25, 0.3) is 0 Å². The first kappa shape index (κ1) is 16.6. The van der Waals surface area contributed by atoms with Gasteiger partial charge in [-0.2, -0.15) is 4.98 Å². The first-order valence-corrected chi connectivity index (χ1v) is 8.66. The van der Waals surface area contributed by atoms with Crippen molar-refractivity contribution in [1.29, 1.82) is 0 Å². The standard InChI is InChI=1S/C17H23FN6O/c1-23-5-7-24(8-6-23)11-15-20-17(25-22-15)14-10-19-21-16(14)12-3-2-4-13(18)9-12/h2-4,9,14,16,19,21H,5-8,10-11H2,1H3. The van der Waals surface area contributed by atoms with E-state index in [0.29, 0.717) is 24.8 Å². The highest BCUT2D eigenvalue weighted by Crippen LogP contribution is 2.32. The third-order valence-corrected chi connectivity index (χ3v) is 4.95. The van der Waals surface area contributed by atoms with Crippen molar-refractivity contribution in [3.05, 3.63) is 47.4 Å². The number of aromatic nitrogens is 2. The van der Waals surface area contributed by atoms with E-state index >= 15 is 0 Å². The van der Waals surface area contributed by atoms with Crippen LogP contribution in [0.4, 0.5) is 4.39 Å². The van der Waals surface area contributed by atoms with Gasteiger partial charge < -0.3 is 9.42 Å². The number of halogens is 1. The van der Waals surface area contributed by atoms with E-state index in [1.54, 1.807) is 12.1 Å². The van der Waals surface area contributed by atoms with Crippen molar-refractivity contribution in [2.45, 2.75) is 18.5 Å². The fourth-order valence-electron chi connectivity index (χ4n) is 3.43. The van der Waals surface area contributed by atoms with E-state index < -0.39 is 0 Å². The van der Waals surface area contributed by atoms with Gasteiger partial charge >= 0.3 is 0 Å². The Labute approximate surface area is 146 Å². The van der Waals surface area contributed by atoms with Gasteiger partial charge in [-0.15, -0.1) is 0 Å². The number of nitrogens with zero attached hydrogens (tertiary/aromatic N) is 4. The van der Waals surface area contributed by atoms with Gasteiger partial charge in [0.2, 0.25) is 5.89 Å². The maximum Gasteiger partial charge on any atom is 0.233 e. The molecule has 1 aromatic carbocycles. The number of rotatable bonds is 4. The Bertz CT molecular complexity index is 715. The molecule has 25 heavy (non-hydrogen) atoms. The van der Waals surface area contributed by atoms with Crippen LogP contribution < -0.4 is 10.9 Å². The lowest BCUT2D eigenvalue weighted by atomic mass is 9.95. The van der Waals surface area contributed by atoms with Crippen molar-refractivity contribution in [2.75, 3.05) is 39.8 Å². The molecular formula is C17H23FN6O. The van der Waals surface area contributed by atoms with Gasteiger partial charge in [-0.3, -0.25) is 10.3 Å². The van der Waals surface area contributed by atoms with Crippen LogP contribution >= 0.6 is 0 Å². The van der Waals surface area contributed by atoms with Gasteiger partial charge in [-0.25, -0.2) is 9.82 Å². The van der Waals surface area contributed by atoms with Crippen LogP contribution in [-0.4, -0.2) is 59.7 Å². The molecule has 2 unspecified atom stereocenters. The predicted molar refractivity (Wildman–Crippen MR) is 90.1 cm³/mol. The number of hydrazine groups is 1. The summed E-state index contributed by atoms with van der Waals surface area (Å²) in [7, 11) is 2.14. The zero-order chi connectivity index (χ0) is 17.2. The third-order valence-electron chi connectivity index (χ3n) is 4.95. The van der Waals surface area contributed by atoms with Crippen molar-refractivity contribution < 1.29 is 8.91 Å². The molecule has 0 spiro atoms. The highest BCUT2D eigenvalue weighted by molar-refractivity contribution is 5.24. The van der Waals surface area contributed by atoms with Crippen LogP contribution in [0.5, 0.6) is 0 Å². The molecule has 3 heterocycles. The fraction of sp³-hybridized carbons (Fsp3) is 0.529. The lowest BCUT2D eigenvalue weighted by Crippen LogP contribution is -2.44. The van der Waals surface area contributed by atoms with Gasteiger partial charge in [0.15, 0.2) is 5.82 Å². The summed E-state index contributed by atoms with van der Waals surface area (Å²) in [5.74, 6) is 1.04. The molecule has 2 atom stereocenters. The summed E-state index contributed by atoms with van der Waals surface area (Å²) in [6.45, 7) is 5.51. The molecule has 4 rings (SSSR count). The second-order valence-electron chi connectivity index (χ2n) is 6.79. The summed E-state index contributed by atoms with van der Waals surface area (Å²) in [6.07, 6.45) is 0. The van der Waals surface area contributed by atoms with Crippen LogP contribution in [0, 0.1) is 5.82 Å². The topological polar surface area (TPSA) is 69.5 Å². The van der Waals surface area contributed by atoms with E-state index in [-0.39, 0.29) is 17.8 Å². The van der Waals surface area contributed by atoms with Gasteiger partial charge in [0.1, 0.15) is 5.82 Å². The van der Waals surface area contributed by atoms with E-state index in [9.17, 15) is 4.39 Å². The van der Waals surface area contributed by atoms with Gasteiger partial charge in [0, 0.05) is 32.7 Å². The zero-order valence-electron chi connectivity index (χ0n) is 14.3. The monoisotopic (exact) mass is 346 g/mol. The van der Waals surface area contributed by atoms with Crippen molar-refractivity contribution >= 4 is 0 Å². The Morgan fingerprint density at radius 1 is 1.28 bits per heavy atom. The van der Waals surface area contributed by atoms with Gasteiger partial charge in [0.25, 0.3) is 0 Å². The molecule has 0 bridgehead atoms. The molecule has 8 heteroatoms. The normalized spacial score (nSPS) is 25.5. The molecule has 134 valence electrons. The molecule has 0 aliphatic carbocycles. The number of hydrogen-bond acceptors (Lipinski definition) is 7. The highest BCUT2D eigenvalue weighted by atomic mass is 19.1. The molecule has 2 aliphatic rings. The molecule has 2 fully saturated rings. The number of benzene rings is 1. The van der Waals surface area contributed by atoms with Crippen LogP contribution in [0.2, 0.25) is 0 Å². The summed E-state index contributed by atoms with van der Waals surface area (Å²) in [5, 5.41) is 4.15. The number of piperazine rings is 1. The average molecular weight is 346 g/mol. The molecule has 2 N–H and O–H groups in total. The molecule has 0 saturated carbocycles. The first-order valence-electron chi connectivity index (χ1n) is 8.66. The number of nitrogens with one attached hydrogen (secondary N) is 2. The Kier molecular flexibility index (Phi) is 4.76. The zero-order valence-corrected chi connectivity index (χ0v) is 14.3. The van der Waals surface area contributed by atoms with E-state index in [1.165, 1.54) is 6.07 Å². The summed E-state index contributed by atoms with van der Waals surface area (Å²) in [6, 6.07) is 6.52. The molecule has 2 saturated heterocycles.